The topological polar surface area (TPSA) is 46.3 Å². The Kier molecular flexibility index (Phi) is 5.58. The molecule has 0 spiro atoms. The Labute approximate surface area is 109 Å². The molecule has 1 amide bonds. The SMILES string of the molecule is CCN(Cc1cc(Br)ccc1F)C(=O)CCN. The highest BCUT2D eigenvalue weighted by Crippen LogP contribution is 2.17. The Morgan fingerprint density at radius 2 is 2.24 bits per heavy atom. The fourth-order valence-electron chi connectivity index (χ4n) is 1.53. The second-order valence-corrected chi connectivity index (χ2v) is 4.60. The van der Waals surface area contributed by atoms with E-state index in [4.69, 9.17) is 5.73 Å². The minimum absolute atomic E-state index is 0.0469. The zero-order valence-electron chi connectivity index (χ0n) is 9.75. The second-order valence-electron chi connectivity index (χ2n) is 3.68. The van der Waals surface area contributed by atoms with Crippen LogP contribution in [-0.2, 0) is 11.3 Å². The number of hydrogen-bond acceptors (Lipinski definition) is 2. The number of halogens is 2. The van der Waals surface area contributed by atoms with E-state index in [9.17, 15) is 9.18 Å². The summed E-state index contributed by atoms with van der Waals surface area (Å²) in [6, 6.07) is 4.71. The molecule has 0 atom stereocenters. The molecule has 3 nitrogen and oxygen atoms in total. The average molecular weight is 303 g/mol. The third-order valence-electron chi connectivity index (χ3n) is 2.46. The van der Waals surface area contributed by atoms with Gasteiger partial charge in [-0.3, -0.25) is 4.79 Å². The second kappa shape index (κ2) is 6.71. The summed E-state index contributed by atoms with van der Waals surface area (Å²) in [6.07, 6.45) is 0.295. The molecule has 5 heteroatoms. The fourth-order valence-corrected chi connectivity index (χ4v) is 1.94. The molecule has 0 saturated heterocycles. The van der Waals surface area contributed by atoms with Crippen molar-refractivity contribution in [1.29, 1.82) is 0 Å². The van der Waals surface area contributed by atoms with Gasteiger partial charge in [-0.2, -0.15) is 0 Å². The molecule has 0 radical (unpaired) electrons. The van der Waals surface area contributed by atoms with Crippen LogP contribution in [0.1, 0.15) is 18.9 Å². The molecule has 0 aliphatic carbocycles. The summed E-state index contributed by atoms with van der Waals surface area (Å²) >= 11 is 3.29. The highest BCUT2D eigenvalue weighted by molar-refractivity contribution is 9.10. The molecule has 0 fully saturated rings. The monoisotopic (exact) mass is 302 g/mol. The first-order valence-corrected chi connectivity index (χ1v) is 6.29. The van der Waals surface area contributed by atoms with E-state index in [1.54, 1.807) is 17.0 Å². The number of nitrogens with two attached hydrogens (primary N) is 1. The standard InChI is InChI=1S/C12H16BrFN2O/c1-2-16(12(17)5-6-15)8-9-7-10(13)3-4-11(9)14/h3-4,7H,2,5-6,8,15H2,1H3. The van der Waals surface area contributed by atoms with Crippen LogP contribution >= 0.6 is 15.9 Å². The van der Waals surface area contributed by atoms with Crippen LogP contribution in [-0.4, -0.2) is 23.9 Å². The quantitative estimate of drug-likeness (QED) is 0.907. The molecule has 1 aromatic rings. The molecule has 0 aliphatic rings. The van der Waals surface area contributed by atoms with Crippen molar-refractivity contribution >= 4 is 21.8 Å². The molecular formula is C12H16BrFN2O. The van der Waals surface area contributed by atoms with Crippen molar-refractivity contribution in [3.05, 3.63) is 34.1 Å². The number of amides is 1. The van der Waals surface area contributed by atoms with Crippen molar-refractivity contribution in [2.24, 2.45) is 5.73 Å². The molecule has 0 aromatic heterocycles. The number of nitrogens with zero attached hydrogens (tertiary/aromatic N) is 1. The molecule has 0 heterocycles. The van der Waals surface area contributed by atoms with Gasteiger partial charge in [0.05, 0.1) is 0 Å². The van der Waals surface area contributed by atoms with Crippen LogP contribution in [0.2, 0.25) is 0 Å². The van der Waals surface area contributed by atoms with E-state index in [1.165, 1.54) is 6.07 Å². The summed E-state index contributed by atoms with van der Waals surface area (Å²) in [7, 11) is 0. The van der Waals surface area contributed by atoms with Crippen LogP contribution in [0.4, 0.5) is 4.39 Å². The van der Waals surface area contributed by atoms with Crippen molar-refractivity contribution in [1.82, 2.24) is 4.90 Å². The first-order valence-electron chi connectivity index (χ1n) is 5.50. The molecule has 0 unspecified atom stereocenters. The largest absolute Gasteiger partial charge is 0.339 e. The van der Waals surface area contributed by atoms with Crippen LogP contribution in [0.3, 0.4) is 0 Å². The van der Waals surface area contributed by atoms with Crippen molar-refractivity contribution in [2.45, 2.75) is 19.9 Å². The molecular weight excluding hydrogens is 287 g/mol. The summed E-state index contributed by atoms with van der Waals surface area (Å²) in [5.74, 6) is -0.346. The zero-order chi connectivity index (χ0) is 12.8. The highest BCUT2D eigenvalue weighted by atomic mass is 79.9. The number of rotatable bonds is 5. The lowest BCUT2D eigenvalue weighted by molar-refractivity contribution is -0.131. The molecule has 17 heavy (non-hydrogen) atoms. The van der Waals surface area contributed by atoms with Crippen LogP contribution in [0, 0.1) is 5.82 Å². The van der Waals surface area contributed by atoms with Crippen molar-refractivity contribution in [2.75, 3.05) is 13.1 Å². The van der Waals surface area contributed by atoms with Gasteiger partial charge >= 0.3 is 0 Å². The third-order valence-corrected chi connectivity index (χ3v) is 2.95. The summed E-state index contributed by atoms with van der Waals surface area (Å²) in [6.45, 7) is 3.01. The minimum atomic E-state index is -0.299. The first kappa shape index (κ1) is 14.1. The Morgan fingerprint density at radius 1 is 1.53 bits per heavy atom. The summed E-state index contributed by atoms with van der Waals surface area (Å²) in [5.41, 5.74) is 5.85. The van der Waals surface area contributed by atoms with Crippen molar-refractivity contribution in [3.8, 4) is 0 Å². The predicted octanol–water partition coefficient (Wildman–Crippen LogP) is 2.29. The zero-order valence-corrected chi connectivity index (χ0v) is 11.3. The van der Waals surface area contributed by atoms with Gasteiger partial charge in [0.25, 0.3) is 0 Å². The fraction of sp³-hybridized carbons (Fsp3) is 0.417. The maximum atomic E-state index is 13.5. The van der Waals surface area contributed by atoms with Crippen LogP contribution in [0.25, 0.3) is 0 Å². The van der Waals surface area contributed by atoms with Gasteiger partial charge in [-0.15, -0.1) is 0 Å². The molecule has 1 aromatic carbocycles. The van der Waals surface area contributed by atoms with Crippen LogP contribution in [0.15, 0.2) is 22.7 Å². The van der Waals surface area contributed by atoms with Gasteiger partial charge < -0.3 is 10.6 Å². The number of hydrogen-bond donors (Lipinski definition) is 1. The Bertz CT molecular complexity index is 398. The number of benzene rings is 1. The van der Waals surface area contributed by atoms with Gasteiger partial charge in [0.15, 0.2) is 0 Å². The van der Waals surface area contributed by atoms with Crippen molar-refractivity contribution in [3.63, 3.8) is 0 Å². The molecule has 0 aliphatic heterocycles. The van der Waals surface area contributed by atoms with Gasteiger partial charge in [0.2, 0.25) is 5.91 Å². The predicted molar refractivity (Wildman–Crippen MR) is 68.9 cm³/mol. The maximum Gasteiger partial charge on any atom is 0.224 e. The van der Waals surface area contributed by atoms with Gasteiger partial charge in [-0.05, 0) is 25.1 Å². The summed E-state index contributed by atoms with van der Waals surface area (Å²) in [4.78, 5) is 13.3. The molecule has 0 bridgehead atoms. The van der Waals surface area contributed by atoms with Crippen LogP contribution < -0.4 is 5.73 Å². The van der Waals surface area contributed by atoms with Crippen LogP contribution in [0.5, 0.6) is 0 Å². The molecule has 94 valence electrons. The Balaban J connectivity index is 2.80. The lowest BCUT2D eigenvalue weighted by atomic mass is 10.2. The lowest BCUT2D eigenvalue weighted by Gasteiger charge is -2.21. The van der Waals surface area contributed by atoms with Gasteiger partial charge in [-0.25, -0.2) is 4.39 Å². The van der Waals surface area contributed by atoms with E-state index in [1.807, 2.05) is 6.92 Å². The summed E-state index contributed by atoms with van der Waals surface area (Å²) < 4.78 is 14.3. The van der Waals surface area contributed by atoms with E-state index in [-0.39, 0.29) is 18.3 Å². The smallest absolute Gasteiger partial charge is 0.224 e. The molecule has 1 rings (SSSR count). The first-order chi connectivity index (χ1) is 8.08. The summed E-state index contributed by atoms with van der Waals surface area (Å²) in [5, 5.41) is 0. The van der Waals surface area contributed by atoms with Crippen molar-refractivity contribution < 1.29 is 9.18 Å². The molecule has 2 N–H and O–H groups in total. The Hall–Kier alpha value is -0.940. The third kappa shape index (κ3) is 4.09. The van der Waals surface area contributed by atoms with E-state index >= 15 is 0 Å². The average Bonchev–Trinajstić information content (AvgIpc) is 2.30. The van der Waals surface area contributed by atoms with Gasteiger partial charge in [-0.1, -0.05) is 15.9 Å². The van der Waals surface area contributed by atoms with Gasteiger partial charge in [0, 0.05) is 36.1 Å². The number of carbonyl (C=O) groups is 1. The normalized spacial score (nSPS) is 10.4. The Morgan fingerprint density at radius 3 is 2.82 bits per heavy atom. The molecule has 0 saturated carbocycles. The van der Waals surface area contributed by atoms with E-state index in [2.05, 4.69) is 15.9 Å². The lowest BCUT2D eigenvalue weighted by Crippen LogP contribution is -2.32. The highest BCUT2D eigenvalue weighted by Gasteiger charge is 2.13. The maximum absolute atomic E-state index is 13.5. The minimum Gasteiger partial charge on any atom is -0.339 e. The van der Waals surface area contributed by atoms with E-state index in [0.717, 1.165) is 4.47 Å². The van der Waals surface area contributed by atoms with E-state index < -0.39 is 0 Å². The number of carbonyl (C=O) groups excluding carboxylic acids is 1. The van der Waals surface area contributed by atoms with Gasteiger partial charge in [0.1, 0.15) is 5.82 Å². The van der Waals surface area contributed by atoms with E-state index in [0.29, 0.717) is 25.1 Å².